The monoisotopic (exact) mass is 314 g/mol. The lowest BCUT2D eigenvalue weighted by molar-refractivity contribution is -0.133. The van der Waals surface area contributed by atoms with E-state index in [0.29, 0.717) is 23.0 Å². The lowest BCUT2D eigenvalue weighted by atomic mass is 9.49. The van der Waals surface area contributed by atoms with Gasteiger partial charge in [0.05, 0.1) is 12.9 Å². The van der Waals surface area contributed by atoms with Crippen LogP contribution in [-0.2, 0) is 9.53 Å². The minimum Gasteiger partial charge on any atom is -0.501 e. The first-order chi connectivity index (χ1) is 10.9. The first kappa shape index (κ1) is 15.5. The number of hydrogen-bond donors (Lipinski definition) is 0. The van der Waals surface area contributed by atoms with Gasteiger partial charge < -0.3 is 4.74 Å². The van der Waals surface area contributed by atoms with Crippen LogP contribution in [0.4, 0.5) is 0 Å². The highest BCUT2D eigenvalue weighted by Crippen LogP contribution is 2.64. The second kappa shape index (κ2) is 4.97. The van der Waals surface area contributed by atoms with Crippen molar-refractivity contribution in [2.75, 3.05) is 7.11 Å². The number of ether oxygens (including phenoxy) is 1. The molecule has 0 bridgehead atoms. The van der Waals surface area contributed by atoms with Crippen LogP contribution in [-0.4, -0.2) is 12.9 Å². The number of Topliss-reactive ketones (excluding diaryl/α,β-unsaturated/α-hetero) is 1. The molecule has 6 unspecified atom stereocenters. The van der Waals surface area contributed by atoms with E-state index >= 15 is 0 Å². The molecule has 0 N–H and O–H groups in total. The standard InChI is InChI=1S/C21H30O2/c1-13-11-18-16-6-5-14-12-15(23-4)7-9-20(14,2)17(16)8-10-21(18,3)19(13)22/h5,12-13,16-18H,6-11H2,1-4H3. The van der Waals surface area contributed by atoms with Crippen molar-refractivity contribution in [3.8, 4) is 0 Å². The minimum atomic E-state index is -0.0372. The van der Waals surface area contributed by atoms with Crippen molar-refractivity contribution in [3.05, 3.63) is 23.5 Å². The summed E-state index contributed by atoms with van der Waals surface area (Å²) in [5.74, 6) is 4.00. The fourth-order valence-electron chi connectivity index (χ4n) is 6.57. The molecule has 4 aliphatic carbocycles. The lowest BCUT2D eigenvalue weighted by Gasteiger charge is -2.55. The van der Waals surface area contributed by atoms with Gasteiger partial charge in [-0.1, -0.05) is 26.8 Å². The summed E-state index contributed by atoms with van der Waals surface area (Å²) in [5.41, 5.74) is 1.76. The first-order valence-electron chi connectivity index (χ1n) is 9.39. The third-order valence-electron chi connectivity index (χ3n) is 8.00. The van der Waals surface area contributed by atoms with Gasteiger partial charge in [0.2, 0.25) is 0 Å². The Kier molecular flexibility index (Phi) is 3.35. The number of carbonyl (C=O) groups excluding carboxylic acids is 1. The van der Waals surface area contributed by atoms with Crippen molar-refractivity contribution in [1.82, 2.24) is 0 Å². The summed E-state index contributed by atoms with van der Waals surface area (Å²) in [6.07, 6.45) is 11.6. The van der Waals surface area contributed by atoms with E-state index in [1.165, 1.54) is 18.4 Å². The van der Waals surface area contributed by atoms with Crippen LogP contribution in [0.15, 0.2) is 23.5 Å². The molecule has 2 heteroatoms. The van der Waals surface area contributed by atoms with Gasteiger partial charge in [0.1, 0.15) is 5.78 Å². The molecule has 2 fully saturated rings. The van der Waals surface area contributed by atoms with Crippen LogP contribution in [0.5, 0.6) is 0 Å². The summed E-state index contributed by atoms with van der Waals surface area (Å²) in [5, 5.41) is 0. The maximum Gasteiger partial charge on any atom is 0.141 e. The van der Waals surface area contributed by atoms with Crippen LogP contribution in [0.3, 0.4) is 0 Å². The second-order valence-corrected chi connectivity index (χ2v) is 8.96. The summed E-state index contributed by atoms with van der Waals surface area (Å²) < 4.78 is 5.51. The molecule has 126 valence electrons. The van der Waals surface area contributed by atoms with E-state index in [2.05, 4.69) is 32.9 Å². The minimum absolute atomic E-state index is 0.0372. The summed E-state index contributed by atoms with van der Waals surface area (Å²) >= 11 is 0. The molecule has 2 saturated carbocycles. The number of rotatable bonds is 1. The fraction of sp³-hybridized carbons (Fsp3) is 0.762. The van der Waals surface area contributed by atoms with Crippen molar-refractivity contribution in [2.45, 2.75) is 59.3 Å². The lowest BCUT2D eigenvalue weighted by Crippen LogP contribution is -2.49. The summed E-state index contributed by atoms with van der Waals surface area (Å²) in [7, 11) is 1.79. The maximum absolute atomic E-state index is 12.7. The fourth-order valence-corrected chi connectivity index (χ4v) is 6.57. The topological polar surface area (TPSA) is 26.3 Å². The first-order valence-corrected chi connectivity index (χ1v) is 9.39. The van der Waals surface area contributed by atoms with Gasteiger partial charge in [-0.3, -0.25) is 4.79 Å². The average molecular weight is 314 g/mol. The molecule has 0 aliphatic heterocycles. The molecule has 0 heterocycles. The number of methoxy groups -OCH3 is 1. The molecule has 4 aliphatic rings. The zero-order valence-corrected chi connectivity index (χ0v) is 15.0. The molecule has 6 atom stereocenters. The third-order valence-corrected chi connectivity index (χ3v) is 8.00. The van der Waals surface area contributed by atoms with Crippen LogP contribution in [0.1, 0.15) is 59.3 Å². The van der Waals surface area contributed by atoms with E-state index in [4.69, 9.17) is 4.74 Å². The Labute approximate surface area is 140 Å². The zero-order valence-electron chi connectivity index (χ0n) is 15.0. The van der Waals surface area contributed by atoms with E-state index in [1.807, 2.05) is 0 Å². The van der Waals surface area contributed by atoms with Crippen molar-refractivity contribution >= 4 is 5.78 Å². The highest BCUT2D eigenvalue weighted by Gasteiger charge is 2.59. The van der Waals surface area contributed by atoms with Crippen LogP contribution in [0.25, 0.3) is 0 Å². The number of hydrogen-bond acceptors (Lipinski definition) is 2. The molecular weight excluding hydrogens is 284 g/mol. The van der Waals surface area contributed by atoms with Gasteiger partial charge in [0.15, 0.2) is 0 Å². The molecule has 4 rings (SSSR count). The molecule has 0 spiro atoms. The van der Waals surface area contributed by atoms with Crippen LogP contribution < -0.4 is 0 Å². The Bertz CT molecular complexity index is 601. The van der Waals surface area contributed by atoms with Gasteiger partial charge in [-0.15, -0.1) is 0 Å². The molecular formula is C21H30O2. The van der Waals surface area contributed by atoms with Crippen molar-refractivity contribution in [1.29, 1.82) is 0 Å². The predicted octanol–water partition coefficient (Wildman–Crippen LogP) is 4.90. The normalized spacial score (nSPS) is 48.8. The molecule has 0 aromatic heterocycles. The van der Waals surface area contributed by atoms with Crippen molar-refractivity contribution in [2.24, 2.45) is 34.5 Å². The van der Waals surface area contributed by atoms with Gasteiger partial charge in [-0.25, -0.2) is 0 Å². The zero-order chi connectivity index (χ0) is 16.4. The van der Waals surface area contributed by atoms with E-state index < -0.39 is 0 Å². The van der Waals surface area contributed by atoms with E-state index in [0.717, 1.165) is 37.4 Å². The maximum atomic E-state index is 12.7. The Balaban J connectivity index is 1.71. The van der Waals surface area contributed by atoms with Gasteiger partial charge in [-0.2, -0.15) is 0 Å². The highest BCUT2D eigenvalue weighted by molar-refractivity contribution is 5.89. The second-order valence-electron chi connectivity index (χ2n) is 8.96. The Morgan fingerprint density at radius 2 is 1.96 bits per heavy atom. The largest absolute Gasteiger partial charge is 0.501 e. The quantitative estimate of drug-likeness (QED) is 0.688. The van der Waals surface area contributed by atoms with Crippen LogP contribution in [0, 0.1) is 34.5 Å². The Hall–Kier alpha value is -1.05. The number of fused-ring (bicyclic) bond motifs is 5. The molecule has 0 amide bonds. The van der Waals surface area contributed by atoms with Crippen molar-refractivity contribution < 1.29 is 9.53 Å². The van der Waals surface area contributed by atoms with Gasteiger partial charge in [0.25, 0.3) is 0 Å². The number of allylic oxidation sites excluding steroid dienone is 4. The van der Waals surface area contributed by atoms with E-state index in [9.17, 15) is 4.79 Å². The summed E-state index contributed by atoms with van der Waals surface area (Å²) in [6, 6.07) is 0. The van der Waals surface area contributed by atoms with Gasteiger partial charge in [-0.05, 0) is 66.9 Å². The van der Waals surface area contributed by atoms with Crippen molar-refractivity contribution in [3.63, 3.8) is 0 Å². The third kappa shape index (κ3) is 1.96. The smallest absolute Gasteiger partial charge is 0.141 e. The molecule has 0 aromatic carbocycles. The van der Waals surface area contributed by atoms with E-state index in [-0.39, 0.29) is 11.3 Å². The van der Waals surface area contributed by atoms with Gasteiger partial charge >= 0.3 is 0 Å². The molecule has 0 radical (unpaired) electrons. The molecule has 2 nitrogen and oxygen atoms in total. The molecule has 23 heavy (non-hydrogen) atoms. The van der Waals surface area contributed by atoms with Crippen LogP contribution in [0.2, 0.25) is 0 Å². The highest BCUT2D eigenvalue weighted by atomic mass is 16.5. The number of ketones is 1. The molecule has 0 aromatic rings. The Morgan fingerprint density at radius 1 is 1.17 bits per heavy atom. The summed E-state index contributed by atoms with van der Waals surface area (Å²) in [4.78, 5) is 12.7. The summed E-state index contributed by atoms with van der Waals surface area (Å²) in [6.45, 7) is 6.90. The predicted molar refractivity (Wildman–Crippen MR) is 91.7 cm³/mol. The Morgan fingerprint density at radius 3 is 2.70 bits per heavy atom. The molecule has 0 saturated heterocycles. The number of carbonyl (C=O) groups is 1. The van der Waals surface area contributed by atoms with E-state index in [1.54, 1.807) is 7.11 Å². The van der Waals surface area contributed by atoms with Gasteiger partial charge in [0, 0.05) is 17.8 Å². The average Bonchev–Trinajstić information content (AvgIpc) is 2.78. The van der Waals surface area contributed by atoms with Crippen LogP contribution >= 0.6 is 0 Å². The SMILES string of the molecule is COC1=CC2=CCC3C4CC(C)C(=O)C4(C)CCC3C2(C)CC1.